The standard InChI is InChI=1S/C32H29ClF3N5O5/c1-30(29(37)43)14-46-27-19(30)11-22(39-26(27)18-5-6-20(34)24(35)23(18)33)32(44,17-3-4-17)13-38-28(42)15-9-16-12-41(31(36)7-8-31)40-25(16)21(10-15)45-2/h5-6,9-12,17,44H,3-4,7-8,13-14H2,1-2H3,(H2,37,43)(H,38,42)/t30-,32?/m0/s1. The largest absolute Gasteiger partial charge is 0.494 e. The van der Waals surface area contributed by atoms with Crippen molar-refractivity contribution in [3.63, 3.8) is 0 Å². The van der Waals surface area contributed by atoms with Crippen LogP contribution in [0.15, 0.2) is 36.5 Å². The summed E-state index contributed by atoms with van der Waals surface area (Å²) in [6.45, 7) is 1.12. The number of hydrogen-bond donors (Lipinski definition) is 3. The lowest BCUT2D eigenvalue weighted by Crippen LogP contribution is -2.44. The van der Waals surface area contributed by atoms with Crippen LogP contribution in [0.2, 0.25) is 5.02 Å². The summed E-state index contributed by atoms with van der Waals surface area (Å²) in [5, 5.41) is 19.2. The molecule has 1 aliphatic heterocycles. The van der Waals surface area contributed by atoms with Gasteiger partial charge in [0.1, 0.15) is 40.3 Å². The number of alkyl halides is 1. The smallest absolute Gasteiger partial charge is 0.251 e. The lowest BCUT2D eigenvalue weighted by molar-refractivity contribution is -0.123. The fraction of sp³-hybridized carbons (Fsp3) is 0.375. The van der Waals surface area contributed by atoms with Crippen LogP contribution in [0.25, 0.3) is 22.2 Å². The van der Waals surface area contributed by atoms with Gasteiger partial charge in [-0.15, -0.1) is 0 Å². The molecule has 4 aromatic rings. The zero-order valence-corrected chi connectivity index (χ0v) is 25.6. The van der Waals surface area contributed by atoms with Gasteiger partial charge in [0.25, 0.3) is 5.91 Å². The summed E-state index contributed by atoms with van der Waals surface area (Å²) in [7, 11) is 1.42. The van der Waals surface area contributed by atoms with Crippen LogP contribution in [-0.2, 0) is 21.6 Å². The number of fused-ring (bicyclic) bond motifs is 2. The van der Waals surface area contributed by atoms with Crippen LogP contribution in [0.4, 0.5) is 13.2 Å². The van der Waals surface area contributed by atoms with Crippen molar-refractivity contribution in [2.24, 2.45) is 11.7 Å². The van der Waals surface area contributed by atoms with E-state index in [1.54, 1.807) is 13.0 Å². The van der Waals surface area contributed by atoms with E-state index in [4.69, 9.17) is 26.8 Å². The summed E-state index contributed by atoms with van der Waals surface area (Å²) in [4.78, 5) is 30.8. The predicted molar refractivity (Wildman–Crippen MR) is 160 cm³/mol. The van der Waals surface area contributed by atoms with Crippen molar-refractivity contribution in [1.82, 2.24) is 20.1 Å². The van der Waals surface area contributed by atoms with E-state index in [1.807, 2.05) is 0 Å². The Morgan fingerprint density at radius 3 is 2.65 bits per heavy atom. The van der Waals surface area contributed by atoms with Gasteiger partial charge in [-0.2, -0.15) is 5.10 Å². The summed E-state index contributed by atoms with van der Waals surface area (Å²) >= 11 is 6.22. The molecule has 2 aromatic heterocycles. The highest BCUT2D eigenvalue weighted by atomic mass is 35.5. The molecule has 2 amide bonds. The lowest BCUT2D eigenvalue weighted by Gasteiger charge is -2.30. The second-order valence-corrected chi connectivity index (χ2v) is 12.8. The van der Waals surface area contributed by atoms with E-state index in [1.165, 1.54) is 36.2 Å². The average Bonchev–Trinajstić information content (AvgIpc) is 3.96. The molecule has 3 heterocycles. The van der Waals surface area contributed by atoms with Gasteiger partial charge in [0, 0.05) is 41.1 Å². The Kier molecular flexibility index (Phi) is 6.80. The van der Waals surface area contributed by atoms with Gasteiger partial charge >= 0.3 is 0 Å². The number of primary amides is 1. The summed E-state index contributed by atoms with van der Waals surface area (Å²) < 4.78 is 55.8. The number of rotatable bonds is 9. The number of methoxy groups -OCH3 is 1. The van der Waals surface area contributed by atoms with Crippen molar-refractivity contribution < 1.29 is 37.3 Å². The normalized spacial score (nSPS) is 20.9. The Morgan fingerprint density at radius 2 is 2.00 bits per heavy atom. The molecule has 10 nitrogen and oxygen atoms in total. The Morgan fingerprint density at radius 1 is 1.26 bits per heavy atom. The highest BCUT2D eigenvalue weighted by Gasteiger charge is 2.50. The average molecular weight is 656 g/mol. The summed E-state index contributed by atoms with van der Waals surface area (Å²) in [6, 6.07) is 6.66. The molecule has 0 saturated heterocycles. The highest BCUT2D eigenvalue weighted by molar-refractivity contribution is 6.33. The first-order chi connectivity index (χ1) is 21.8. The number of carbonyl (C=O) groups is 2. The van der Waals surface area contributed by atoms with E-state index in [9.17, 15) is 27.9 Å². The second kappa shape index (κ2) is 10.3. The Hall–Kier alpha value is -4.36. The van der Waals surface area contributed by atoms with Gasteiger partial charge in [0.2, 0.25) is 11.7 Å². The van der Waals surface area contributed by atoms with Gasteiger partial charge in [-0.3, -0.25) is 9.59 Å². The molecule has 2 aliphatic carbocycles. The molecule has 2 saturated carbocycles. The topological polar surface area (TPSA) is 142 Å². The fourth-order valence-electron chi connectivity index (χ4n) is 5.95. The zero-order chi connectivity index (χ0) is 32.8. The summed E-state index contributed by atoms with van der Waals surface area (Å²) in [5.41, 5.74) is 3.60. The van der Waals surface area contributed by atoms with Crippen molar-refractivity contribution >= 4 is 34.3 Å². The molecule has 240 valence electrons. The number of nitrogens with zero attached hydrogens (tertiary/aromatic N) is 3. The molecule has 4 N–H and O–H groups in total. The first-order valence-electron chi connectivity index (χ1n) is 14.7. The van der Waals surface area contributed by atoms with Crippen LogP contribution in [-0.4, -0.2) is 51.9 Å². The third-order valence-corrected chi connectivity index (χ3v) is 9.62. The number of nitrogens with two attached hydrogens (primary N) is 1. The monoisotopic (exact) mass is 655 g/mol. The number of hydrogen-bond acceptors (Lipinski definition) is 7. The number of amides is 2. The first kappa shape index (κ1) is 30.3. The third-order valence-electron chi connectivity index (χ3n) is 9.25. The van der Waals surface area contributed by atoms with Gasteiger partial charge in [0.15, 0.2) is 11.6 Å². The van der Waals surface area contributed by atoms with Crippen molar-refractivity contribution in [3.8, 4) is 22.8 Å². The van der Waals surface area contributed by atoms with E-state index >= 15 is 0 Å². The highest BCUT2D eigenvalue weighted by Crippen LogP contribution is 2.51. The summed E-state index contributed by atoms with van der Waals surface area (Å²) in [6.07, 6.45) is 3.45. The minimum atomic E-state index is -1.75. The Balaban J connectivity index is 1.27. The number of aromatic nitrogens is 3. The van der Waals surface area contributed by atoms with Gasteiger partial charge < -0.3 is 25.6 Å². The van der Waals surface area contributed by atoms with E-state index < -0.39 is 45.3 Å². The number of nitrogens with one attached hydrogen (secondary N) is 1. The predicted octanol–water partition coefficient (Wildman–Crippen LogP) is 4.62. The molecule has 46 heavy (non-hydrogen) atoms. The molecule has 0 radical (unpaired) electrons. The number of aliphatic hydroxyl groups is 1. The van der Waals surface area contributed by atoms with Crippen LogP contribution in [0.5, 0.6) is 11.5 Å². The first-order valence-corrected chi connectivity index (χ1v) is 15.1. The molecule has 0 bridgehead atoms. The van der Waals surface area contributed by atoms with Crippen LogP contribution >= 0.6 is 11.6 Å². The third kappa shape index (κ3) is 4.66. The Labute approximate surface area is 265 Å². The zero-order valence-electron chi connectivity index (χ0n) is 24.8. The second-order valence-electron chi connectivity index (χ2n) is 12.4. The molecular formula is C32H29ClF3N5O5. The Bertz CT molecular complexity index is 1960. The van der Waals surface area contributed by atoms with Gasteiger partial charge in [-0.25, -0.2) is 22.8 Å². The number of pyridine rings is 1. The maximum absolute atomic E-state index is 14.7. The maximum Gasteiger partial charge on any atom is 0.251 e. The van der Waals surface area contributed by atoms with Crippen molar-refractivity contribution in [2.75, 3.05) is 20.3 Å². The van der Waals surface area contributed by atoms with Crippen LogP contribution < -0.4 is 20.5 Å². The SMILES string of the molecule is COc1cc(C(=O)NCC(O)(c2cc3c(c(-c4ccc(F)c(F)c4Cl)n2)OC[C@]3(C)C(N)=O)C2CC2)cc2cn(C3(F)CC3)nc12. The lowest BCUT2D eigenvalue weighted by atomic mass is 9.81. The number of benzene rings is 2. The van der Waals surface area contributed by atoms with E-state index in [-0.39, 0.29) is 53.1 Å². The van der Waals surface area contributed by atoms with Crippen LogP contribution in [0.3, 0.4) is 0 Å². The van der Waals surface area contributed by atoms with Gasteiger partial charge in [0.05, 0.1) is 24.4 Å². The molecule has 2 fully saturated rings. The molecule has 2 aromatic carbocycles. The quantitative estimate of drug-likeness (QED) is 0.224. The van der Waals surface area contributed by atoms with E-state index in [0.717, 1.165) is 6.07 Å². The van der Waals surface area contributed by atoms with E-state index in [2.05, 4.69) is 15.4 Å². The molecular weight excluding hydrogens is 627 g/mol. The minimum absolute atomic E-state index is 0.0136. The molecule has 7 rings (SSSR count). The molecule has 14 heteroatoms. The fourth-order valence-corrected chi connectivity index (χ4v) is 6.19. The number of carbonyl (C=O) groups excluding carboxylic acids is 2. The maximum atomic E-state index is 14.7. The minimum Gasteiger partial charge on any atom is -0.494 e. The van der Waals surface area contributed by atoms with Crippen LogP contribution in [0.1, 0.15) is 54.2 Å². The van der Waals surface area contributed by atoms with Crippen LogP contribution in [0, 0.1) is 17.6 Å². The number of ether oxygens (including phenoxy) is 2. The van der Waals surface area contributed by atoms with Crippen molar-refractivity contribution in [1.29, 1.82) is 0 Å². The molecule has 3 aliphatic rings. The number of halogens is 4. The molecule has 1 unspecified atom stereocenters. The van der Waals surface area contributed by atoms with Crippen molar-refractivity contribution in [2.45, 2.75) is 49.4 Å². The van der Waals surface area contributed by atoms with Gasteiger partial charge in [-0.1, -0.05) is 11.6 Å². The molecule has 0 spiro atoms. The van der Waals surface area contributed by atoms with E-state index in [0.29, 0.717) is 42.1 Å². The van der Waals surface area contributed by atoms with Gasteiger partial charge in [-0.05, 0) is 56.0 Å². The summed E-state index contributed by atoms with van der Waals surface area (Å²) in [5.74, 6) is -5.22. The molecule has 2 atom stereocenters. The van der Waals surface area contributed by atoms with Crippen molar-refractivity contribution in [3.05, 3.63) is 70.0 Å².